The number of aliphatic hydroxyl groups excluding tert-OH is 1. The number of carboxylic acids is 1. The van der Waals surface area contributed by atoms with Crippen LogP contribution < -0.4 is 5.32 Å². The maximum absolute atomic E-state index is 11.4. The van der Waals surface area contributed by atoms with Gasteiger partial charge < -0.3 is 19.9 Å². The number of nitrogens with one attached hydrogen (secondary N) is 1. The molecule has 0 aliphatic carbocycles. The van der Waals surface area contributed by atoms with Crippen LogP contribution in [0.25, 0.3) is 0 Å². The zero-order valence-electron chi connectivity index (χ0n) is 8.06. The topological polar surface area (TPSA) is 99.8 Å². The van der Waals surface area contributed by atoms with Crippen LogP contribution >= 0.6 is 0 Å². The number of furan rings is 1. The summed E-state index contributed by atoms with van der Waals surface area (Å²) in [5.41, 5.74) is 0.229. The van der Waals surface area contributed by atoms with Gasteiger partial charge in [-0.25, -0.2) is 4.79 Å². The quantitative estimate of drug-likeness (QED) is 0.641. The molecule has 0 fully saturated rings. The fourth-order valence-electron chi connectivity index (χ4n) is 0.990. The van der Waals surface area contributed by atoms with Gasteiger partial charge in [-0.2, -0.15) is 0 Å². The van der Waals surface area contributed by atoms with E-state index in [1.54, 1.807) is 6.92 Å². The van der Waals surface area contributed by atoms with Crippen molar-refractivity contribution in [2.75, 3.05) is 6.61 Å². The fourth-order valence-corrected chi connectivity index (χ4v) is 0.990. The van der Waals surface area contributed by atoms with Crippen LogP contribution in [0, 0.1) is 6.92 Å². The molecule has 0 aliphatic heterocycles. The van der Waals surface area contributed by atoms with Crippen molar-refractivity contribution in [3.05, 3.63) is 23.7 Å². The molecule has 0 aromatic carbocycles. The average molecular weight is 213 g/mol. The van der Waals surface area contributed by atoms with E-state index in [1.165, 1.54) is 12.3 Å². The molecular formula is C9H11NO5. The molecule has 1 amide bonds. The molecule has 0 aliphatic rings. The van der Waals surface area contributed by atoms with E-state index in [0.717, 1.165) is 0 Å². The van der Waals surface area contributed by atoms with Crippen molar-refractivity contribution >= 4 is 11.9 Å². The monoisotopic (exact) mass is 213 g/mol. The van der Waals surface area contributed by atoms with E-state index in [1.807, 2.05) is 0 Å². The molecule has 6 heteroatoms. The standard InChI is InChI=1S/C9H11NO5/c1-5-2-6(4-15-5)8(12)10-7(3-11)9(13)14/h2,4,7,11H,3H2,1H3,(H,10,12)(H,13,14)/t7-/m1/s1. The summed E-state index contributed by atoms with van der Waals surface area (Å²) in [6.45, 7) is 1.01. The molecule has 6 nitrogen and oxygen atoms in total. The van der Waals surface area contributed by atoms with Crippen molar-refractivity contribution in [3.63, 3.8) is 0 Å². The fraction of sp³-hybridized carbons (Fsp3) is 0.333. The normalized spacial score (nSPS) is 12.1. The molecule has 15 heavy (non-hydrogen) atoms. The maximum Gasteiger partial charge on any atom is 0.328 e. The molecule has 3 N–H and O–H groups in total. The first-order valence-corrected chi connectivity index (χ1v) is 4.24. The minimum absolute atomic E-state index is 0.229. The third kappa shape index (κ3) is 2.81. The Morgan fingerprint density at radius 3 is 2.67 bits per heavy atom. The average Bonchev–Trinajstić information content (AvgIpc) is 2.60. The molecule has 82 valence electrons. The van der Waals surface area contributed by atoms with Crippen molar-refractivity contribution in [2.45, 2.75) is 13.0 Å². The Balaban J connectivity index is 2.66. The number of aliphatic carboxylic acids is 1. The zero-order chi connectivity index (χ0) is 11.4. The minimum Gasteiger partial charge on any atom is -0.480 e. The maximum atomic E-state index is 11.4. The van der Waals surface area contributed by atoms with Gasteiger partial charge in [-0.1, -0.05) is 0 Å². The van der Waals surface area contributed by atoms with Crippen LogP contribution in [0.3, 0.4) is 0 Å². The van der Waals surface area contributed by atoms with Gasteiger partial charge >= 0.3 is 5.97 Å². The number of hydrogen-bond donors (Lipinski definition) is 3. The lowest BCUT2D eigenvalue weighted by Crippen LogP contribution is -2.43. The van der Waals surface area contributed by atoms with Crippen LogP contribution in [0.1, 0.15) is 16.1 Å². The second-order valence-electron chi connectivity index (χ2n) is 2.99. The Kier molecular flexibility index (Phi) is 3.46. The summed E-state index contributed by atoms with van der Waals surface area (Å²) >= 11 is 0. The minimum atomic E-state index is -1.30. The van der Waals surface area contributed by atoms with Crippen LogP contribution in [0.15, 0.2) is 16.7 Å². The van der Waals surface area contributed by atoms with E-state index in [4.69, 9.17) is 14.6 Å². The number of carbonyl (C=O) groups excluding carboxylic acids is 1. The van der Waals surface area contributed by atoms with E-state index in [2.05, 4.69) is 5.32 Å². The first-order chi connectivity index (χ1) is 7.04. The van der Waals surface area contributed by atoms with E-state index in [9.17, 15) is 9.59 Å². The molecule has 1 aromatic rings. The number of hydrogen-bond acceptors (Lipinski definition) is 4. The van der Waals surface area contributed by atoms with Gasteiger partial charge in [0.25, 0.3) is 5.91 Å². The summed E-state index contributed by atoms with van der Waals surface area (Å²) in [7, 11) is 0. The molecule has 1 atom stereocenters. The number of aryl methyl sites for hydroxylation is 1. The highest BCUT2D eigenvalue weighted by atomic mass is 16.4. The van der Waals surface area contributed by atoms with Crippen molar-refractivity contribution in [2.24, 2.45) is 0 Å². The Morgan fingerprint density at radius 1 is 1.60 bits per heavy atom. The van der Waals surface area contributed by atoms with Gasteiger partial charge in [0.05, 0.1) is 12.2 Å². The summed E-state index contributed by atoms with van der Waals surface area (Å²) in [5.74, 6) is -1.32. The molecule has 0 radical (unpaired) electrons. The highest BCUT2D eigenvalue weighted by Crippen LogP contribution is 2.06. The smallest absolute Gasteiger partial charge is 0.328 e. The summed E-state index contributed by atoms with van der Waals surface area (Å²) in [5, 5.41) is 19.4. The predicted octanol–water partition coefficient (Wildman–Crippen LogP) is -0.237. The van der Waals surface area contributed by atoms with Crippen LogP contribution in [0.2, 0.25) is 0 Å². The molecule has 0 saturated carbocycles. The van der Waals surface area contributed by atoms with Crippen LogP contribution in [-0.4, -0.2) is 34.7 Å². The highest BCUT2D eigenvalue weighted by molar-refractivity contribution is 5.96. The van der Waals surface area contributed by atoms with Crippen molar-refractivity contribution in [3.8, 4) is 0 Å². The Morgan fingerprint density at radius 2 is 2.27 bits per heavy atom. The molecule has 1 aromatic heterocycles. The first kappa shape index (κ1) is 11.3. The number of amides is 1. The Labute approximate surface area is 85.5 Å². The largest absolute Gasteiger partial charge is 0.480 e. The van der Waals surface area contributed by atoms with Gasteiger partial charge in [0.1, 0.15) is 12.0 Å². The van der Waals surface area contributed by atoms with Crippen molar-refractivity contribution in [1.82, 2.24) is 5.32 Å². The summed E-state index contributed by atoms with van der Waals surface area (Å²) in [6.07, 6.45) is 1.22. The zero-order valence-corrected chi connectivity index (χ0v) is 8.06. The third-order valence-electron chi connectivity index (χ3n) is 1.78. The lowest BCUT2D eigenvalue weighted by molar-refractivity contribution is -0.140. The lowest BCUT2D eigenvalue weighted by atomic mass is 10.2. The van der Waals surface area contributed by atoms with Crippen LogP contribution in [-0.2, 0) is 4.79 Å². The summed E-state index contributed by atoms with van der Waals surface area (Å²) in [6, 6.07) is 0.179. The number of aliphatic hydroxyl groups is 1. The van der Waals surface area contributed by atoms with Gasteiger partial charge in [0.15, 0.2) is 6.04 Å². The number of carboxylic acid groups (broad SMARTS) is 1. The molecule has 0 spiro atoms. The van der Waals surface area contributed by atoms with Crippen LogP contribution in [0.5, 0.6) is 0 Å². The van der Waals surface area contributed by atoms with E-state index in [0.29, 0.717) is 5.76 Å². The van der Waals surface area contributed by atoms with Gasteiger partial charge in [0.2, 0.25) is 0 Å². The Bertz CT molecular complexity index is 370. The second kappa shape index (κ2) is 4.61. The third-order valence-corrected chi connectivity index (χ3v) is 1.78. The predicted molar refractivity (Wildman–Crippen MR) is 49.4 cm³/mol. The van der Waals surface area contributed by atoms with E-state index >= 15 is 0 Å². The van der Waals surface area contributed by atoms with Gasteiger partial charge in [0, 0.05) is 0 Å². The SMILES string of the molecule is Cc1cc(C(=O)N[C@H](CO)C(=O)O)co1. The van der Waals surface area contributed by atoms with Crippen LogP contribution in [0.4, 0.5) is 0 Å². The molecule has 0 saturated heterocycles. The van der Waals surface area contributed by atoms with Crippen molar-refractivity contribution < 1.29 is 24.2 Å². The van der Waals surface area contributed by atoms with E-state index in [-0.39, 0.29) is 5.56 Å². The highest BCUT2D eigenvalue weighted by Gasteiger charge is 2.20. The van der Waals surface area contributed by atoms with Crippen molar-refractivity contribution in [1.29, 1.82) is 0 Å². The lowest BCUT2D eigenvalue weighted by Gasteiger charge is -2.09. The first-order valence-electron chi connectivity index (χ1n) is 4.24. The number of rotatable bonds is 4. The van der Waals surface area contributed by atoms with E-state index < -0.39 is 24.5 Å². The summed E-state index contributed by atoms with van der Waals surface area (Å²) in [4.78, 5) is 21.9. The molecule has 0 bridgehead atoms. The van der Waals surface area contributed by atoms with Gasteiger partial charge in [-0.3, -0.25) is 4.79 Å². The molecule has 1 heterocycles. The second-order valence-corrected chi connectivity index (χ2v) is 2.99. The molecule has 1 rings (SSSR count). The molecular weight excluding hydrogens is 202 g/mol. The van der Waals surface area contributed by atoms with Gasteiger partial charge in [-0.15, -0.1) is 0 Å². The Hall–Kier alpha value is -1.82. The van der Waals surface area contributed by atoms with Gasteiger partial charge in [-0.05, 0) is 13.0 Å². The summed E-state index contributed by atoms with van der Waals surface area (Å²) < 4.78 is 4.89. The number of carbonyl (C=O) groups is 2. The molecule has 0 unspecified atom stereocenters.